The van der Waals surface area contributed by atoms with Gasteiger partial charge in [-0.25, -0.2) is 0 Å². The van der Waals surface area contributed by atoms with Crippen LogP contribution in [-0.4, -0.2) is 42.5 Å². The van der Waals surface area contributed by atoms with Crippen molar-refractivity contribution < 1.29 is 14.3 Å². The molecule has 7 heteroatoms. The summed E-state index contributed by atoms with van der Waals surface area (Å²) in [5.41, 5.74) is 2.10. The zero-order chi connectivity index (χ0) is 22.0. The summed E-state index contributed by atoms with van der Waals surface area (Å²) in [6.45, 7) is 3.92. The quantitative estimate of drug-likeness (QED) is 0.678. The molecule has 0 radical (unpaired) electrons. The lowest BCUT2D eigenvalue weighted by atomic mass is 10.1. The van der Waals surface area contributed by atoms with E-state index < -0.39 is 0 Å². The van der Waals surface area contributed by atoms with E-state index in [1.807, 2.05) is 18.2 Å². The summed E-state index contributed by atoms with van der Waals surface area (Å²) in [5.74, 6) is 0.184. The number of amides is 2. The highest BCUT2D eigenvalue weighted by Crippen LogP contribution is 2.35. The Kier molecular flexibility index (Phi) is 6.49. The Morgan fingerprint density at radius 3 is 2.58 bits per heavy atom. The van der Waals surface area contributed by atoms with Crippen LogP contribution in [0, 0.1) is 5.92 Å². The van der Waals surface area contributed by atoms with E-state index >= 15 is 0 Å². The molecule has 1 heterocycles. The standard InChI is InChI=1S/C24H28ClN3O3/c1-15-20(10-11-28(15)14-16-6-4-3-5-7-16)26-24(30)18-12-19(25)21(13-22(18)31-2)27-23(29)17-8-9-17/h3-7,12-13,15,17,20H,8-11,14H2,1-2H3,(H,26,30)(H,27,29)/t15-,20-/m0/s1. The number of nitrogens with zero attached hydrogens (tertiary/aromatic N) is 1. The minimum atomic E-state index is -0.225. The van der Waals surface area contributed by atoms with Crippen LogP contribution in [0.3, 0.4) is 0 Å². The number of ether oxygens (including phenoxy) is 1. The van der Waals surface area contributed by atoms with Crippen LogP contribution in [0.25, 0.3) is 0 Å². The SMILES string of the molecule is COc1cc(NC(=O)C2CC2)c(Cl)cc1C(=O)N[C@H]1CCN(Cc2ccccc2)[C@H]1C. The predicted molar refractivity (Wildman–Crippen MR) is 122 cm³/mol. The fourth-order valence-electron chi connectivity index (χ4n) is 4.06. The fraction of sp³-hybridized carbons (Fsp3) is 0.417. The first-order chi connectivity index (χ1) is 15.0. The number of hydrogen-bond donors (Lipinski definition) is 2. The Labute approximate surface area is 187 Å². The van der Waals surface area contributed by atoms with Crippen molar-refractivity contribution in [1.82, 2.24) is 10.2 Å². The third-order valence-electron chi connectivity index (χ3n) is 6.17. The van der Waals surface area contributed by atoms with Crippen molar-refractivity contribution in [2.45, 2.75) is 44.8 Å². The maximum atomic E-state index is 13.0. The first-order valence-corrected chi connectivity index (χ1v) is 11.1. The van der Waals surface area contributed by atoms with E-state index in [2.05, 4.69) is 34.6 Å². The Hall–Kier alpha value is -2.57. The van der Waals surface area contributed by atoms with Crippen molar-refractivity contribution in [3.63, 3.8) is 0 Å². The molecule has 6 nitrogen and oxygen atoms in total. The molecule has 1 saturated heterocycles. The molecular formula is C24H28ClN3O3. The predicted octanol–water partition coefficient (Wildman–Crippen LogP) is 4.09. The minimum absolute atomic E-state index is 0.0361. The van der Waals surface area contributed by atoms with Gasteiger partial charge in [0.1, 0.15) is 5.75 Å². The molecule has 0 aromatic heterocycles. The number of methoxy groups -OCH3 is 1. The van der Waals surface area contributed by atoms with Gasteiger partial charge in [-0.15, -0.1) is 0 Å². The second-order valence-corrected chi connectivity index (χ2v) is 8.77. The zero-order valence-corrected chi connectivity index (χ0v) is 18.6. The van der Waals surface area contributed by atoms with E-state index in [0.29, 0.717) is 22.0 Å². The van der Waals surface area contributed by atoms with Crippen LogP contribution in [0.2, 0.25) is 5.02 Å². The molecule has 2 amide bonds. The van der Waals surface area contributed by atoms with Gasteiger partial charge in [0.2, 0.25) is 5.91 Å². The lowest BCUT2D eigenvalue weighted by molar-refractivity contribution is -0.117. The molecule has 1 saturated carbocycles. The number of carbonyl (C=O) groups is 2. The molecule has 31 heavy (non-hydrogen) atoms. The van der Waals surface area contributed by atoms with Gasteiger partial charge in [0.25, 0.3) is 5.91 Å². The topological polar surface area (TPSA) is 70.7 Å². The van der Waals surface area contributed by atoms with Crippen molar-refractivity contribution >= 4 is 29.1 Å². The maximum absolute atomic E-state index is 13.0. The lowest BCUT2D eigenvalue weighted by Gasteiger charge is -2.25. The average Bonchev–Trinajstić information content (AvgIpc) is 3.57. The third kappa shape index (κ3) is 5.02. The highest BCUT2D eigenvalue weighted by molar-refractivity contribution is 6.34. The van der Waals surface area contributed by atoms with Crippen LogP contribution >= 0.6 is 11.6 Å². The first-order valence-electron chi connectivity index (χ1n) is 10.7. The molecule has 164 valence electrons. The summed E-state index contributed by atoms with van der Waals surface area (Å²) < 4.78 is 5.43. The van der Waals surface area contributed by atoms with Crippen LogP contribution in [0.4, 0.5) is 5.69 Å². The Morgan fingerprint density at radius 1 is 1.16 bits per heavy atom. The average molecular weight is 442 g/mol. The molecule has 2 fully saturated rings. The van der Waals surface area contributed by atoms with Gasteiger partial charge in [-0.3, -0.25) is 14.5 Å². The number of rotatable bonds is 7. The monoisotopic (exact) mass is 441 g/mol. The number of carbonyl (C=O) groups excluding carboxylic acids is 2. The summed E-state index contributed by atoms with van der Waals surface area (Å²) in [7, 11) is 1.51. The van der Waals surface area contributed by atoms with Gasteiger partial charge in [-0.05, 0) is 37.8 Å². The molecule has 2 aromatic carbocycles. The minimum Gasteiger partial charge on any atom is -0.496 e. The second-order valence-electron chi connectivity index (χ2n) is 8.36. The zero-order valence-electron chi connectivity index (χ0n) is 17.9. The van der Waals surface area contributed by atoms with E-state index in [4.69, 9.17) is 16.3 Å². The molecule has 2 N–H and O–H groups in total. The van der Waals surface area contributed by atoms with E-state index in [1.165, 1.54) is 12.7 Å². The van der Waals surface area contributed by atoms with Gasteiger partial charge in [-0.2, -0.15) is 0 Å². The summed E-state index contributed by atoms with van der Waals surface area (Å²) in [5, 5.41) is 6.30. The van der Waals surface area contributed by atoms with Crippen LogP contribution in [-0.2, 0) is 11.3 Å². The molecule has 1 aliphatic heterocycles. The molecule has 2 aliphatic rings. The molecule has 2 atom stereocenters. The normalized spacial score (nSPS) is 21.0. The van der Waals surface area contributed by atoms with Crippen molar-refractivity contribution in [2.24, 2.45) is 5.92 Å². The lowest BCUT2D eigenvalue weighted by Crippen LogP contribution is -2.43. The van der Waals surface area contributed by atoms with Gasteiger partial charge >= 0.3 is 0 Å². The molecule has 0 bridgehead atoms. The van der Waals surface area contributed by atoms with Crippen LogP contribution in [0.1, 0.15) is 42.1 Å². The van der Waals surface area contributed by atoms with Gasteiger partial charge in [0.15, 0.2) is 0 Å². The molecular weight excluding hydrogens is 414 g/mol. The number of likely N-dealkylation sites (tertiary alicyclic amines) is 1. The van der Waals surface area contributed by atoms with Crippen molar-refractivity contribution in [3.05, 3.63) is 58.6 Å². The van der Waals surface area contributed by atoms with Gasteiger partial charge in [0.05, 0.1) is 23.4 Å². The van der Waals surface area contributed by atoms with Gasteiger partial charge in [-0.1, -0.05) is 41.9 Å². The highest BCUT2D eigenvalue weighted by atomic mass is 35.5. The molecule has 0 unspecified atom stereocenters. The van der Waals surface area contributed by atoms with Gasteiger partial charge < -0.3 is 15.4 Å². The second kappa shape index (κ2) is 9.28. The molecule has 0 spiro atoms. The number of benzene rings is 2. The number of nitrogens with one attached hydrogen (secondary N) is 2. The van der Waals surface area contributed by atoms with Crippen LogP contribution < -0.4 is 15.4 Å². The maximum Gasteiger partial charge on any atom is 0.255 e. The summed E-state index contributed by atoms with van der Waals surface area (Å²) in [6.07, 6.45) is 2.69. The summed E-state index contributed by atoms with van der Waals surface area (Å²) in [6, 6.07) is 13.8. The van der Waals surface area contributed by atoms with Crippen LogP contribution in [0.5, 0.6) is 5.75 Å². The van der Waals surface area contributed by atoms with Crippen LogP contribution in [0.15, 0.2) is 42.5 Å². The number of anilines is 1. The smallest absolute Gasteiger partial charge is 0.255 e. The Balaban J connectivity index is 1.43. The third-order valence-corrected chi connectivity index (χ3v) is 6.48. The molecule has 2 aromatic rings. The summed E-state index contributed by atoms with van der Waals surface area (Å²) in [4.78, 5) is 27.5. The number of hydrogen-bond acceptors (Lipinski definition) is 4. The van der Waals surface area contributed by atoms with Crippen molar-refractivity contribution in [2.75, 3.05) is 19.0 Å². The summed E-state index contributed by atoms with van der Waals surface area (Å²) >= 11 is 6.37. The number of halogens is 1. The van der Waals surface area contributed by atoms with Gasteiger partial charge in [0, 0.05) is 37.2 Å². The van der Waals surface area contributed by atoms with E-state index in [9.17, 15) is 9.59 Å². The molecule has 1 aliphatic carbocycles. The Morgan fingerprint density at radius 2 is 1.90 bits per heavy atom. The van der Waals surface area contributed by atoms with Crippen molar-refractivity contribution in [1.29, 1.82) is 0 Å². The fourth-order valence-corrected chi connectivity index (χ4v) is 4.27. The van der Waals surface area contributed by atoms with Crippen molar-refractivity contribution in [3.8, 4) is 5.75 Å². The first kappa shape index (κ1) is 21.7. The van der Waals surface area contributed by atoms with E-state index in [1.54, 1.807) is 12.1 Å². The van der Waals surface area contributed by atoms with E-state index in [-0.39, 0.29) is 29.8 Å². The highest BCUT2D eigenvalue weighted by Gasteiger charge is 2.33. The largest absolute Gasteiger partial charge is 0.496 e. The molecule has 4 rings (SSSR count). The van der Waals surface area contributed by atoms with E-state index in [0.717, 1.165) is 32.4 Å². The Bertz CT molecular complexity index is 962.